The molecule has 5 rings (SSSR count). The number of aromatic amines is 1. The van der Waals surface area contributed by atoms with Crippen LogP contribution in [0.15, 0.2) is 42.7 Å². The first kappa shape index (κ1) is 20.0. The monoisotopic (exact) mass is 420 g/mol. The van der Waals surface area contributed by atoms with Crippen LogP contribution in [0.3, 0.4) is 0 Å². The highest BCUT2D eigenvalue weighted by Crippen LogP contribution is 2.37. The number of benzene rings is 1. The summed E-state index contributed by atoms with van der Waals surface area (Å²) in [5.41, 5.74) is 3.05. The number of aromatic hydroxyl groups is 1. The number of phenols is 1. The number of aromatic nitrogens is 4. The topological polar surface area (TPSA) is 99.2 Å². The van der Waals surface area contributed by atoms with Gasteiger partial charge >= 0.3 is 0 Å². The van der Waals surface area contributed by atoms with Crippen LogP contribution in [0.25, 0.3) is 22.4 Å². The van der Waals surface area contributed by atoms with E-state index in [1.165, 1.54) is 0 Å². The van der Waals surface area contributed by atoms with Gasteiger partial charge in [0.15, 0.2) is 5.82 Å². The Labute approximate surface area is 181 Å². The summed E-state index contributed by atoms with van der Waals surface area (Å²) in [6.45, 7) is 5.92. The minimum atomic E-state index is -0.0277. The van der Waals surface area contributed by atoms with Crippen molar-refractivity contribution in [1.29, 1.82) is 0 Å². The molecule has 2 aliphatic rings. The van der Waals surface area contributed by atoms with E-state index in [4.69, 9.17) is 4.74 Å². The molecule has 4 heterocycles. The molecule has 1 unspecified atom stereocenters. The molecular formula is C23H28N6O2. The van der Waals surface area contributed by atoms with Crippen LogP contribution in [-0.4, -0.2) is 62.9 Å². The standard InChI is InChI=1S/C23H28N6O2/c1-22-9-17(10-23(2,28-22)14-31-13-22)29(3)21-7-6-19(26-27-21)18-5-4-15(8-20(18)30)16-11-24-25-12-16/h4-8,11-12,17,28,30H,9-10,13-14H2,1-3H3,(H,24,25)/t17?,22-,23+. The van der Waals surface area contributed by atoms with Crippen molar-refractivity contribution in [2.75, 3.05) is 25.2 Å². The van der Waals surface area contributed by atoms with Crippen molar-refractivity contribution in [3.8, 4) is 28.1 Å². The molecule has 0 amide bonds. The summed E-state index contributed by atoms with van der Waals surface area (Å²) in [7, 11) is 2.08. The maximum absolute atomic E-state index is 10.5. The molecule has 3 aromatic rings. The average Bonchev–Trinajstić information content (AvgIpc) is 3.27. The van der Waals surface area contributed by atoms with Gasteiger partial charge in [-0.15, -0.1) is 10.2 Å². The Morgan fingerprint density at radius 1 is 1.06 bits per heavy atom. The number of anilines is 1. The molecule has 8 nitrogen and oxygen atoms in total. The van der Waals surface area contributed by atoms with E-state index < -0.39 is 0 Å². The highest BCUT2D eigenvalue weighted by Gasteiger charge is 2.47. The molecule has 2 aliphatic heterocycles. The van der Waals surface area contributed by atoms with Gasteiger partial charge in [-0.1, -0.05) is 6.07 Å². The SMILES string of the molecule is CN(c1ccc(-c2ccc(-c3cn[nH]c3)cc2O)nn1)C1C[C@]2(C)COC[C@](C)(C1)N2. The van der Waals surface area contributed by atoms with Crippen molar-refractivity contribution in [2.45, 2.75) is 43.8 Å². The predicted molar refractivity (Wildman–Crippen MR) is 119 cm³/mol. The number of phenolic OH excluding ortho intramolecular Hbond substituents is 1. The summed E-state index contributed by atoms with van der Waals surface area (Å²) in [5, 5.41) is 30.0. The summed E-state index contributed by atoms with van der Waals surface area (Å²) in [6, 6.07) is 9.77. The summed E-state index contributed by atoms with van der Waals surface area (Å²) < 4.78 is 5.85. The fourth-order valence-corrected chi connectivity index (χ4v) is 5.09. The van der Waals surface area contributed by atoms with Crippen LogP contribution >= 0.6 is 0 Å². The molecule has 3 atom stereocenters. The fourth-order valence-electron chi connectivity index (χ4n) is 5.09. The maximum atomic E-state index is 10.5. The molecule has 0 radical (unpaired) electrons. The van der Waals surface area contributed by atoms with Gasteiger partial charge in [-0.2, -0.15) is 5.10 Å². The first-order valence-corrected chi connectivity index (χ1v) is 10.6. The smallest absolute Gasteiger partial charge is 0.151 e. The number of hydrogen-bond acceptors (Lipinski definition) is 7. The lowest BCUT2D eigenvalue weighted by molar-refractivity contribution is -0.0628. The van der Waals surface area contributed by atoms with Gasteiger partial charge in [0.1, 0.15) is 5.75 Å². The van der Waals surface area contributed by atoms with Gasteiger partial charge in [0.05, 0.1) is 25.1 Å². The average molecular weight is 421 g/mol. The van der Waals surface area contributed by atoms with Gasteiger partial charge in [0.2, 0.25) is 0 Å². The Morgan fingerprint density at radius 2 is 1.84 bits per heavy atom. The summed E-state index contributed by atoms with van der Waals surface area (Å²) >= 11 is 0. The molecule has 8 heteroatoms. The molecule has 1 aromatic carbocycles. The van der Waals surface area contributed by atoms with E-state index in [1.54, 1.807) is 18.5 Å². The van der Waals surface area contributed by atoms with Crippen molar-refractivity contribution >= 4 is 5.82 Å². The van der Waals surface area contributed by atoms with Gasteiger partial charge in [0, 0.05) is 41.5 Å². The lowest BCUT2D eigenvalue weighted by atomic mass is 9.76. The Kier molecular flexibility index (Phi) is 4.71. The van der Waals surface area contributed by atoms with E-state index in [1.807, 2.05) is 24.3 Å². The van der Waals surface area contributed by atoms with Crippen molar-refractivity contribution in [2.24, 2.45) is 0 Å². The Balaban J connectivity index is 1.35. The van der Waals surface area contributed by atoms with Gasteiger partial charge < -0.3 is 20.1 Å². The minimum Gasteiger partial charge on any atom is -0.507 e. The molecule has 2 saturated heterocycles. The normalized spacial score (nSPS) is 27.8. The van der Waals surface area contributed by atoms with E-state index in [-0.39, 0.29) is 16.8 Å². The van der Waals surface area contributed by atoms with Crippen LogP contribution in [0.5, 0.6) is 5.75 Å². The third-order valence-electron chi connectivity index (χ3n) is 6.48. The number of H-pyrrole nitrogens is 1. The Hall–Kier alpha value is -2.97. The lowest BCUT2D eigenvalue weighted by Gasteiger charge is -2.54. The Bertz CT molecular complexity index is 1050. The molecule has 0 spiro atoms. The van der Waals surface area contributed by atoms with Crippen LogP contribution in [0.2, 0.25) is 0 Å². The maximum Gasteiger partial charge on any atom is 0.151 e. The van der Waals surface area contributed by atoms with E-state index in [9.17, 15) is 5.11 Å². The van der Waals surface area contributed by atoms with E-state index in [2.05, 4.69) is 51.5 Å². The number of piperidine rings is 1. The third-order valence-corrected chi connectivity index (χ3v) is 6.48. The molecule has 2 fully saturated rings. The zero-order valence-corrected chi connectivity index (χ0v) is 18.1. The van der Waals surface area contributed by atoms with E-state index in [0.29, 0.717) is 17.3 Å². The number of morpholine rings is 1. The summed E-state index contributed by atoms with van der Waals surface area (Å²) in [6.07, 6.45) is 5.49. The van der Waals surface area contributed by atoms with Crippen molar-refractivity contribution in [1.82, 2.24) is 25.7 Å². The van der Waals surface area contributed by atoms with E-state index >= 15 is 0 Å². The Morgan fingerprint density at radius 3 is 2.45 bits per heavy atom. The molecule has 0 aliphatic carbocycles. The zero-order chi connectivity index (χ0) is 21.6. The molecule has 3 N–H and O–H groups in total. The molecule has 2 bridgehead atoms. The fraction of sp³-hybridized carbons (Fsp3) is 0.435. The molecule has 162 valence electrons. The highest BCUT2D eigenvalue weighted by atomic mass is 16.5. The quantitative estimate of drug-likeness (QED) is 0.597. The zero-order valence-electron chi connectivity index (χ0n) is 18.1. The van der Waals surface area contributed by atoms with Gasteiger partial charge in [-0.25, -0.2) is 0 Å². The van der Waals surface area contributed by atoms with Crippen LogP contribution in [0.1, 0.15) is 26.7 Å². The van der Waals surface area contributed by atoms with E-state index in [0.717, 1.165) is 43.0 Å². The number of fused-ring (bicyclic) bond motifs is 2. The van der Waals surface area contributed by atoms with Gasteiger partial charge in [0.25, 0.3) is 0 Å². The van der Waals surface area contributed by atoms with Crippen LogP contribution < -0.4 is 10.2 Å². The van der Waals surface area contributed by atoms with Crippen molar-refractivity contribution in [3.05, 3.63) is 42.7 Å². The van der Waals surface area contributed by atoms with Gasteiger partial charge in [-0.3, -0.25) is 5.10 Å². The van der Waals surface area contributed by atoms with Crippen LogP contribution in [0.4, 0.5) is 5.82 Å². The number of nitrogens with zero attached hydrogens (tertiary/aromatic N) is 4. The largest absolute Gasteiger partial charge is 0.507 e. The van der Waals surface area contributed by atoms with Crippen LogP contribution in [0, 0.1) is 0 Å². The second-order valence-electron chi connectivity index (χ2n) is 9.41. The van der Waals surface area contributed by atoms with Crippen molar-refractivity contribution < 1.29 is 9.84 Å². The van der Waals surface area contributed by atoms with Crippen molar-refractivity contribution in [3.63, 3.8) is 0 Å². The van der Waals surface area contributed by atoms with Crippen LogP contribution in [-0.2, 0) is 4.74 Å². The second kappa shape index (κ2) is 7.32. The third kappa shape index (κ3) is 3.77. The summed E-state index contributed by atoms with van der Waals surface area (Å²) in [5.74, 6) is 0.998. The molecular weight excluding hydrogens is 392 g/mol. The number of rotatable bonds is 4. The van der Waals surface area contributed by atoms with Gasteiger partial charge in [-0.05, 0) is 56.5 Å². The number of nitrogens with one attached hydrogen (secondary N) is 2. The second-order valence-corrected chi connectivity index (χ2v) is 9.41. The lowest BCUT2D eigenvalue weighted by Crippen LogP contribution is -2.70. The predicted octanol–water partition coefficient (Wildman–Crippen LogP) is 2.98. The number of hydrogen-bond donors (Lipinski definition) is 3. The molecule has 0 saturated carbocycles. The number of ether oxygens (including phenoxy) is 1. The molecule has 2 aromatic heterocycles. The first-order chi connectivity index (χ1) is 14.8. The summed E-state index contributed by atoms with van der Waals surface area (Å²) in [4.78, 5) is 2.22. The minimum absolute atomic E-state index is 0.0277. The highest BCUT2D eigenvalue weighted by molar-refractivity contribution is 5.73. The molecule has 31 heavy (non-hydrogen) atoms. The first-order valence-electron chi connectivity index (χ1n) is 10.6.